The SMILES string of the molecule is CN=Cc1ccc2c3c([nH]c2c1)C(C)(C)c1cc(OC2CCOC2)c(OC(C)C)cc1C3=O. The number of nitrogens with one attached hydrogen (secondary N) is 1. The summed E-state index contributed by atoms with van der Waals surface area (Å²) < 4.78 is 17.9. The van der Waals surface area contributed by atoms with E-state index in [1.165, 1.54) is 0 Å². The fourth-order valence-corrected chi connectivity index (χ4v) is 4.91. The van der Waals surface area contributed by atoms with E-state index in [9.17, 15) is 4.79 Å². The molecule has 0 bridgehead atoms. The van der Waals surface area contributed by atoms with Crippen molar-refractivity contribution in [2.45, 2.75) is 51.7 Å². The van der Waals surface area contributed by atoms with Gasteiger partial charge in [-0.05, 0) is 43.2 Å². The summed E-state index contributed by atoms with van der Waals surface area (Å²) in [7, 11) is 1.75. The summed E-state index contributed by atoms with van der Waals surface area (Å²) in [6, 6.07) is 9.89. The van der Waals surface area contributed by atoms with Crippen molar-refractivity contribution in [3.63, 3.8) is 0 Å². The lowest BCUT2D eigenvalue weighted by atomic mass is 9.71. The molecule has 2 heterocycles. The summed E-state index contributed by atoms with van der Waals surface area (Å²) in [5.41, 5.74) is 4.77. The molecule has 6 heteroatoms. The first kappa shape index (κ1) is 21.7. The normalized spacial score (nSPS) is 19.3. The van der Waals surface area contributed by atoms with Crippen LogP contribution in [-0.4, -0.2) is 49.5 Å². The van der Waals surface area contributed by atoms with Crippen LogP contribution in [0.15, 0.2) is 35.3 Å². The highest BCUT2D eigenvalue weighted by atomic mass is 16.6. The monoisotopic (exact) mass is 446 g/mol. The number of hydrogen-bond donors (Lipinski definition) is 1. The Morgan fingerprint density at radius 3 is 2.73 bits per heavy atom. The Kier molecular flexibility index (Phi) is 5.28. The second-order valence-corrected chi connectivity index (χ2v) is 9.64. The number of aromatic amines is 1. The second-order valence-electron chi connectivity index (χ2n) is 9.64. The maximum absolute atomic E-state index is 13.8. The average molecular weight is 447 g/mol. The highest BCUT2D eigenvalue weighted by molar-refractivity contribution is 6.20. The smallest absolute Gasteiger partial charge is 0.195 e. The molecule has 0 radical (unpaired) electrons. The van der Waals surface area contributed by atoms with Crippen molar-refractivity contribution >= 4 is 22.9 Å². The zero-order valence-corrected chi connectivity index (χ0v) is 19.8. The van der Waals surface area contributed by atoms with E-state index in [1.54, 1.807) is 7.05 Å². The molecule has 3 aromatic rings. The third-order valence-electron chi connectivity index (χ3n) is 6.50. The quantitative estimate of drug-likeness (QED) is 0.557. The van der Waals surface area contributed by atoms with Crippen LogP contribution in [0.1, 0.15) is 66.9 Å². The number of aromatic nitrogens is 1. The maximum atomic E-state index is 13.8. The number of fused-ring (bicyclic) bond motifs is 4. The Labute approximate surface area is 194 Å². The predicted molar refractivity (Wildman–Crippen MR) is 129 cm³/mol. The molecule has 1 aliphatic heterocycles. The molecule has 0 spiro atoms. The molecule has 172 valence electrons. The maximum Gasteiger partial charge on any atom is 0.195 e. The molecular formula is C27H30N2O4. The van der Waals surface area contributed by atoms with Gasteiger partial charge in [-0.2, -0.15) is 0 Å². The van der Waals surface area contributed by atoms with Gasteiger partial charge in [0.2, 0.25) is 0 Å². The fraction of sp³-hybridized carbons (Fsp3) is 0.407. The summed E-state index contributed by atoms with van der Waals surface area (Å²) in [5.74, 6) is 1.27. The third kappa shape index (κ3) is 3.62. The highest BCUT2D eigenvalue weighted by Crippen LogP contribution is 2.47. The van der Waals surface area contributed by atoms with Crippen molar-refractivity contribution in [3.05, 3.63) is 58.3 Å². The topological polar surface area (TPSA) is 72.9 Å². The Balaban J connectivity index is 1.67. The summed E-state index contributed by atoms with van der Waals surface area (Å²) in [6.45, 7) is 9.50. The summed E-state index contributed by atoms with van der Waals surface area (Å²) in [4.78, 5) is 21.5. The minimum Gasteiger partial charge on any atom is -0.487 e. The van der Waals surface area contributed by atoms with E-state index in [2.05, 4.69) is 23.8 Å². The van der Waals surface area contributed by atoms with E-state index in [1.807, 2.05) is 50.4 Å². The van der Waals surface area contributed by atoms with Crippen LogP contribution in [0.3, 0.4) is 0 Å². The number of rotatable bonds is 5. The average Bonchev–Trinajstić information content (AvgIpc) is 3.41. The van der Waals surface area contributed by atoms with Crippen molar-refractivity contribution < 1.29 is 19.0 Å². The van der Waals surface area contributed by atoms with Gasteiger partial charge in [-0.25, -0.2) is 0 Å². The number of benzene rings is 2. The molecule has 1 atom stereocenters. The van der Waals surface area contributed by atoms with E-state index in [-0.39, 0.29) is 18.0 Å². The molecule has 0 saturated carbocycles. The molecule has 2 aliphatic rings. The number of nitrogens with zero attached hydrogens (tertiary/aromatic N) is 1. The molecular weight excluding hydrogens is 416 g/mol. The van der Waals surface area contributed by atoms with Gasteiger partial charge >= 0.3 is 0 Å². The minimum absolute atomic E-state index is 0.00633. The molecule has 0 amide bonds. The van der Waals surface area contributed by atoms with Crippen LogP contribution in [0.5, 0.6) is 11.5 Å². The largest absolute Gasteiger partial charge is 0.487 e. The Bertz CT molecular complexity index is 1260. The first-order valence-corrected chi connectivity index (χ1v) is 11.5. The lowest BCUT2D eigenvalue weighted by molar-refractivity contribution is 0.103. The van der Waals surface area contributed by atoms with Crippen molar-refractivity contribution in [2.75, 3.05) is 20.3 Å². The van der Waals surface area contributed by atoms with Gasteiger partial charge in [0, 0.05) is 47.3 Å². The molecule has 1 fully saturated rings. The van der Waals surface area contributed by atoms with Crippen LogP contribution < -0.4 is 9.47 Å². The van der Waals surface area contributed by atoms with Gasteiger partial charge in [0.05, 0.1) is 24.9 Å². The van der Waals surface area contributed by atoms with Crippen molar-refractivity contribution in [2.24, 2.45) is 4.99 Å². The van der Waals surface area contributed by atoms with Crippen LogP contribution in [0, 0.1) is 0 Å². The number of ether oxygens (including phenoxy) is 3. The zero-order chi connectivity index (χ0) is 23.3. The number of aliphatic imine (C=N–C) groups is 1. The molecule has 33 heavy (non-hydrogen) atoms. The van der Waals surface area contributed by atoms with Gasteiger partial charge in [0.25, 0.3) is 0 Å². The van der Waals surface area contributed by atoms with Gasteiger partial charge in [0.15, 0.2) is 17.3 Å². The molecule has 6 nitrogen and oxygen atoms in total. The molecule has 2 aromatic carbocycles. The third-order valence-corrected chi connectivity index (χ3v) is 6.50. The van der Waals surface area contributed by atoms with Gasteiger partial charge in [0.1, 0.15) is 6.10 Å². The lowest BCUT2D eigenvalue weighted by Crippen LogP contribution is -2.31. The Hall–Kier alpha value is -3.12. The standard InChI is InChI=1S/C27H30N2O4/c1-15(2)32-22-11-19-20(12-23(22)33-17-8-9-31-14-17)27(3,4)26-24(25(19)30)18-7-6-16(13-28-5)10-21(18)29-26/h6-7,10-13,15,17,29H,8-9,14H2,1-5H3. The fourth-order valence-electron chi connectivity index (χ4n) is 4.91. The summed E-state index contributed by atoms with van der Waals surface area (Å²) in [5, 5.41) is 0.928. The molecule has 1 N–H and O–H groups in total. The van der Waals surface area contributed by atoms with E-state index in [0.717, 1.165) is 39.7 Å². The molecule has 1 unspecified atom stereocenters. The van der Waals surface area contributed by atoms with Crippen molar-refractivity contribution in [1.29, 1.82) is 0 Å². The second kappa shape index (κ2) is 8.03. The molecule has 1 aliphatic carbocycles. The van der Waals surface area contributed by atoms with Gasteiger partial charge in [-0.3, -0.25) is 9.79 Å². The van der Waals surface area contributed by atoms with Crippen LogP contribution >= 0.6 is 0 Å². The van der Waals surface area contributed by atoms with E-state index < -0.39 is 5.41 Å². The van der Waals surface area contributed by atoms with Crippen molar-refractivity contribution in [3.8, 4) is 11.5 Å². The van der Waals surface area contributed by atoms with Crippen LogP contribution in [0.4, 0.5) is 0 Å². The van der Waals surface area contributed by atoms with Gasteiger partial charge < -0.3 is 19.2 Å². The lowest BCUT2D eigenvalue weighted by Gasteiger charge is -2.33. The summed E-state index contributed by atoms with van der Waals surface area (Å²) in [6.07, 6.45) is 2.60. The van der Waals surface area contributed by atoms with Crippen LogP contribution in [0.2, 0.25) is 0 Å². The number of ketones is 1. The Morgan fingerprint density at radius 1 is 1.21 bits per heavy atom. The highest BCUT2D eigenvalue weighted by Gasteiger charge is 2.41. The molecule has 1 aromatic heterocycles. The molecule has 1 saturated heterocycles. The molecule has 5 rings (SSSR count). The van der Waals surface area contributed by atoms with Crippen LogP contribution in [-0.2, 0) is 10.2 Å². The van der Waals surface area contributed by atoms with Crippen LogP contribution in [0.25, 0.3) is 10.9 Å². The Morgan fingerprint density at radius 2 is 2.03 bits per heavy atom. The number of hydrogen-bond acceptors (Lipinski definition) is 5. The van der Waals surface area contributed by atoms with Crippen molar-refractivity contribution in [1.82, 2.24) is 4.98 Å². The summed E-state index contributed by atoms with van der Waals surface area (Å²) >= 11 is 0. The van der Waals surface area contributed by atoms with E-state index in [4.69, 9.17) is 14.2 Å². The zero-order valence-electron chi connectivity index (χ0n) is 19.8. The van der Waals surface area contributed by atoms with Gasteiger partial charge in [-0.1, -0.05) is 26.0 Å². The first-order valence-electron chi connectivity index (χ1n) is 11.5. The van der Waals surface area contributed by atoms with Gasteiger partial charge in [-0.15, -0.1) is 0 Å². The van der Waals surface area contributed by atoms with E-state index in [0.29, 0.717) is 30.3 Å². The number of H-pyrrole nitrogens is 1. The minimum atomic E-state index is -0.419. The first-order chi connectivity index (χ1) is 15.8. The number of carbonyl (C=O) groups excluding carboxylic acids is 1. The number of carbonyl (C=O) groups is 1. The van der Waals surface area contributed by atoms with E-state index >= 15 is 0 Å². The predicted octanol–water partition coefficient (Wildman–Crippen LogP) is 5.04.